The van der Waals surface area contributed by atoms with Crippen molar-refractivity contribution in [1.82, 2.24) is 9.88 Å². The summed E-state index contributed by atoms with van der Waals surface area (Å²) in [5.41, 5.74) is 1.24. The number of methoxy groups -OCH3 is 1. The molecule has 30 heavy (non-hydrogen) atoms. The molecule has 1 aliphatic rings. The summed E-state index contributed by atoms with van der Waals surface area (Å²) in [6, 6.07) is 16.6. The summed E-state index contributed by atoms with van der Waals surface area (Å²) in [4.78, 5) is 26.6. The van der Waals surface area contributed by atoms with Crippen molar-refractivity contribution in [3.05, 3.63) is 83.9 Å². The van der Waals surface area contributed by atoms with Gasteiger partial charge in [-0.25, -0.2) is 9.29 Å². The average molecular weight is 421 g/mol. The van der Waals surface area contributed by atoms with Crippen LogP contribution < -0.4 is 15.0 Å². The van der Waals surface area contributed by atoms with Gasteiger partial charge in [0.25, 0.3) is 11.8 Å². The third-order valence-electron chi connectivity index (χ3n) is 4.62. The van der Waals surface area contributed by atoms with Gasteiger partial charge < -0.3 is 9.30 Å². The number of carbonyl (C=O) groups is 2. The van der Waals surface area contributed by atoms with Crippen molar-refractivity contribution in [2.24, 2.45) is 0 Å². The van der Waals surface area contributed by atoms with Crippen LogP contribution in [-0.2, 0) is 9.59 Å². The minimum Gasteiger partial charge on any atom is -0.497 e. The first-order valence-corrected chi connectivity index (χ1v) is 9.38. The van der Waals surface area contributed by atoms with Crippen molar-refractivity contribution >= 4 is 40.9 Å². The number of nitrogens with zero attached hydrogens (tertiary/aromatic N) is 2. The lowest BCUT2D eigenvalue weighted by atomic mass is 10.1. The number of carbonyl (C=O) groups excluding carboxylic acids is 2. The van der Waals surface area contributed by atoms with E-state index in [1.807, 2.05) is 28.8 Å². The molecular weight excluding hydrogens is 405 g/mol. The highest BCUT2D eigenvalue weighted by atomic mass is 32.1. The van der Waals surface area contributed by atoms with Crippen LogP contribution in [0.4, 0.5) is 10.1 Å². The van der Waals surface area contributed by atoms with E-state index in [0.717, 1.165) is 10.6 Å². The largest absolute Gasteiger partial charge is 0.497 e. The summed E-state index contributed by atoms with van der Waals surface area (Å²) in [5, 5.41) is 2.29. The minimum atomic E-state index is -0.698. The SMILES string of the molecule is COc1ccc(-n2cccc2/C=C2\C(=O)NC(=S)N(c3ccccc3F)C2=O)cc1. The summed E-state index contributed by atoms with van der Waals surface area (Å²) in [5.74, 6) is -1.25. The van der Waals surface area contributed by atoms with Crippen molar-refractivity contribution in [1.29, 1.82) is 0 Å². The Morgan fingerprint density at radius 2 is 1.77 bits per heavy atom. The normalized spacial score (nSPS) is 15.5. The lowest BCUT2D eigenvalue weighted by Crippen LogP contribution is -2.54. The number of benzene rings is 2. The van der Waals surface area contributed by atoms with Crippen LogP contribution in [-0.4, -0.2) is 28.6 Å². The number of anilines is 1. The molecular formula is C22H16FN3O3S. The molecule has 0 radical (unpaired) electrons. The molecule has 8 heteroatoms. The maximum Gasteiger partial charge on any atom is 0.270 e. The van der Waals surface area contributed by atoms with Crippen molar-refractivity contribution in [3.63, 3.8) is 0 Å². The second-order valence-corrected chi connectivity index (χ2v) is 6.80. The Morgan fingerprint density at radius 3 is 2.47 bits per heavy atom. The molecule has 0 spiro atoms. The number of hydrogen-bond donors (Lipinski definition) is 1. The van der Waals surface area contributed by atoms with Gasteiger partial charge in [0, 0.05) is 17.6 Å². The van der Waals surface area contributed by atoms with Crippen molar-refractivity contribution < 1.29 is 18.7 Å². The molecule has 150 valence electrons. The summed E-state index contributed by atoms with van der Waals surface area (Å²) in [6.45, 7) is 0. The zero-order chi connectivity index (χ0) is 21.3. The van der Waals surface area contributed by atoms with Crippen LogP contribution in [0.2, 0.25) is 0 Å². The summed E-state index contributed by atoms with van der Waals surface area (Å²) in [7, 11) is 1.58. The Kier molecular flexibility index (Phi) is 5.16. The number of nitrogens with one attached hydrogen (secondary N) is 1. The first-order chi connectivity index (χ1) is 14.5. The fraction of sp³-hybridized carbons (Fsp3) is 0.0455. The molecule has 2 amide bonds. The number of halogens is 1. The number of thiocarbonyl (C=S) groups is 1. The van der Waals surface area contributed by atoms with E-state index in [2.05, 4.69) is 5.32 Å². The predicted molar refractivity (Wildman–Crippen MR) is 115 cm³/mol. The van der Waals surface area contributed by atoms with Crippen molar-refractivity contribution in [2.45, 2.75) is 0 Å². The van der Waals surface area contributed by atoms with E-state index >= 15 is 0 Å². The molecule has 0 saturated carbocycles. The zero-order valence-corrected chi connectivity index (χ0v) is 16.7. The van der Waals surface area contributed by atoms with E-state index in [9.17, 15) is 14.0 Å². The Bertz CT molecular complexity index is 1180. The van der Waals surface area contributed by atoms with Crippen LogP contribution in [0.5, 0.6) is 5.75 Å². The van der Waals surface area contributed by atoms with E-state index in [4.69, 9.17) is 17.0 Å². The molecule has 6 nitrogen and oxygen atoms in total. The fourth-order valence-corrected chi connectivity index (χ4v) is 3.42. The molecule has 0 atom stereocenters. The number of amides is 2. The topological polar surface area (TPSA) is 63.6 Å². The maximum atomic E-state index is 14.3. The van der Waals surface area contributed by atoms with Crippen LogP contribution in [0, 0.1) is 5.82 Å². The van der Waals surface area contributed by atoms with Gasteiger partial charge in [0.05, 0.1) is 12.8 Å². The summed E-state index contributed by atoms with van der Waals surface area (Å²) in [6.07, 6.45) is 3.26. The van der Waals surface area contributed by atoms with Crippen LogP contribution in [0.15, 0.2) is 72.4 Å². The smallest absolute Gasteiger partial charge is 0.270 e. The Balaban J connectivity index is 1.74. The van der Waals surface area contributed by atoms with Gasteiger partial charge in [-0.15, -0.1) is 0 Å². The molecule has 2 heterocycles. The lowest BCUT2D eigenvalue weighted by molar-refractivity contribution is -0.122. The second kappa shape index (κ2) is 7.92. The summed E-state index contributed by atoms with van der Waals surface area (Å²) < 4.78 is 21.3. The monoisotopic (exact) mass is 421 g/mol. The number of aromatic nitrogens is 1. The molecule has 2 aromatic carbocycles. The molecule has 3 aromatic rings. The predicted octanol–water partition coefficient (Wildman–Crippen LogP) is 3.46. The van der Waals surface area contributed by atoms with Gasteiger partial charge in [-0.3, -0.25) is 14.9 Å². The molecule has 0 unspecified atom stereocenters. The molecule has 1 fully saturated rings. The minimum absolute atomic E-state index is 0.0241. The molecule has 1 N–H and O–H groups in total. The van der Waals surface area contributed by atoms with Gasteiger partial charge in [0.1, 0.15) is 17.1 Å². The Hall–Kier alpha value is -3.78. The van der Waals surface area contributed by atoms with E-state index in [1.54, 1.807) is 31.5 Å². The standard InChI is InChI=1S/C22H16FN3O3S/c1-29-16-10-8-14(9-11-16)25-12-4-5-15(25)13-17-20(27)24-22(30)26(21(17)28)19-7-3-2-6-18(19)23/h2-13H,1H3,(H,24,27,30)/b17-13+. The molecule has 1 saturated heterocycles. The van der Waals surface area contributed by atoms with Gasteiger partial charge in [0.2, 0.25) is 0 Å². The molecule has 1 aliphatic heterocycles. The Morgan fingerprint density at radius 1 is 1.03 bits per heavy atom. The zero-order valence-electron chi connectivity index (χ0n) is 15.8. The Labute approximate surface area is 177 Å². The van der Waals surface area contributed by atoms with E-state index in [1.165, 1.54) is 24.3 Å². The average Bonchev–Trinajstić information content (AvgIpc) is 3.20. The van der Waals surface area contributed by atoms with Crippen LogP contribution >= 0.6 is 12.2 Å². The van der Waals surface area contributed by atoms with E-state index < -0.39 is 17.6 Å². The maximum absolute atomic E-state index is 14.3. The fourth-order valence-electron chi connectivity index (χ4n) is 3.15. The highest BCUT2D eigenvalue weighted by molar-refractivity contribution is 7.80. The van der Waals surface area contributed by atoms with Gasteiger partial charge in [-0.05, 0) is 66.8 Å². The number of hydrogen-bond acceptors (Lipinski definition) is 4. The second-order valence-electron chi connectivity index (χ2n) is 6.41. The van der Waals surface area contributed by atoms with Gasteiger partial charge in [0.15, 0.2) is 5.11 Å². The van der Waals surface area contributed by atoms with Gasteiger partial charge in [-0.1, -0.05) is 12.1 Å². The van der Waals surface area contributed by atoms with Crippen molar-refractivity contribution in [2.75, 3.05) is 12.0 Å². The van der Waals surface area contributed by atoms with Crippen molar-refractivity contribution in [3.8, 4) is 11.4 Å². The quantitative estimate of drug-likeness (QED) is 0.398. The van der Waals surface area contributed by atoms with Gasteiger partial charge in [-0.2, -0.15) is 0 Å². The van der Waals surface area contributed by atoms with Crippen LogP contribution in [0.1, 0.15) is 5.69 Å². The van der Waals surface area contributed by atoms with Crippen LogP contribution in [0.3, 0.4) is 0 Å². The number of rotatable bonds is 4. The highest BCUT2D eigenvalue weighted by Gasteiger charge is 2.35. The number of ether oxygens (including phenoxy) is 1. The first kappa shape index (κ1) is 19.5. The van der Waals surface area contributed by atoms with Crippen LogP contribution in [0.25, 0.3) is 11.8 Å². The van der Waals surface area contributed by atoms with E-state index in [-0.39, 0.29) is 16.4 Å². The first-order valence-electron chi connectivity index (χ1n) is 8.97. The summed E-state index contributed by atoms with van der Waals surface area (Å²) >= 11 is 5.11. The molecule has 1 aromatic heterocycles. The third kappa shape index (κ3) is 3.48. The highest BCUT2D eigenvalue weighted by Crippen LogP contribution is 2.25. The molecule has 0 bridgehead atoms. The number of para-hydroxylation sites is 1. The molecule has 0 aliphatic carbocycles. The van der Waals surface area contributed by atoms with Gasteiger partial charge >= 0.3 is 0 Å². The van der Waals surface area contributed by atoms with E-state index in [0.29, 0.717) is 11.4 Å². The lowest BCUT2D eigenvalue weighted by Gasteiger charge is -2.29. The third-order valence-corrected chi connectivity index (χ3v) is 4.90. The molecule has 4 rings (SSSR count).